The highest BCUT2D eigenvalue weighted by Crippen LogP contribution is 2.49. The smallest absolute Gasteiger partial charge is 0.416 e. The van der Waals surface area contributed by atoms with Crippen LogP contribution in [0.15, 0.2) is 148 Å². The molecule has 0 saturated carbocycles. The molecule has 15 rings (SSSR count). The molecule has 103 heavy (non-hydrogen) atoms. The second-order valence-corrected chi connectivity index (χ2v) is 28.4. The van der Waals surface area contributed by atoms with E-state index in [4.69, 9.17) is 61.4 Å². The lowest BCUT2D eigenvalue weighted by atomic mass is 9.94. The van der Waals surface area contributed by atoms with Gasteiger partial charge in [-0.25, -0.2) is 9.69 Å². The topological polar surface area (TPSA) is 219 Å². The lowest BCUT2D eigenvalue weighted by Crippen LogP contribution is -2.57. The number of hydrogen-bond acceptors (Lipinski definition) is 17. The number of ether oxygens (including phenoxy) is 7. The molecule has 1 fully saturated rings. The fourth-order valence-corrected chi connectivity index (χ4v) is 16.9. The minimum Gasteiger partial charge on any atom is -0.507 e. The summed E-state index contributed by atoms with van der Waals surface area (Å²) in [6.45, 7) is 6.27. The summed E-state index contributed by atoms with van der Waals surface area (Å²) in [7, 11) is 3.03. The number of benzene rings is 6. The Balaban J connectivity index is 0.000000180. The molecule has 0 bridgehead atoms. The van der Waals surface area contributed by atoms with E-state index in [1.165, 1.54) is 29.2 Å². The van der Waals surface area contributed by atoms with Crippen LogP contribution in [0.4, 0.5) is 27.5 Å². The van der Waals surface area contributed by atoms with Gasteiger partial charge in [0.2, 0.25) is 11.8 Å². The molecule has 6 aromatic carbocycles. The van der Waals surface area contributed by atoms with Gasteiger partial charge in [-0.2, -0.15) is 22.7 Å². The van der Waals surface area contributed by atoms with Crippen LogP contribution in [0, 0.1) is 0 Å². The van der Waals surface area contributed by atoms with Gasteiger partial charge in [-0.1, -0.05) is 73.3 Å². The van der Waals surface area contributed by atoms with Gasteiger partial charge in [0.25, 0.3) is 11.8 Å². The molecule has 20 nitrogen and oxygen atoms in total. The molecule has 2 N–H and O–H groups in total. The van der Waals surface area contributed by atoms with E-state index < -0.39 is 24.7 Å². The fourth-order valence-electron chi connectivity index (χ4n) is 15.0. The summed E-state index contributed by atoms with van der Waals surface area (Å²) >= 11 is 16.0. The molecule has 24 heteroatoms. The number of rotatable bonds is 20. The van der Waals surface area contributed by atoms with Crippen molar-refractivity contribution in [3.05, 3.63) is 177 Å². The number of aliphatic imine (C=N–C) groups is 1. The fraction of sp³-hybridized carbons (Fsp3) is 0.342. The van der Waals surface area contributed by atoms with Gasteiger partial charge in [0.15, 0.2) is 35.5 Å². The van der Waals surface area contributed by atoms with Crippen molar-refractivity contribution in [2.24, 2.45) is 4.99 Å². The molecule has 534 valence electrons. The van der Waals surface area contributed by atoms with Gasteiger partial charge >= 0.3 is 6.09 Å². The Morgan fingerprint density at radius 2 is 1.22 bits per heavy atom. The van der Waals surface area contributed by atoms with Crippen LogP contribution in [0.2, 0.25) is 0 Å². The first-order valence-corrected chi connectivity index (χ1v) is 37.6. The van der Waals surface area contributed by atoms with Crippen molar-refractivity contribution in [1.82, 2.24) is 9.80 Å². The summed E-state index contributed by atoms with van der Waals surface area (Å²) in [5.74, 6) is 1.77. The summed E-state index contributed by atoms with van der Waals surface area (Å²) in [4.78, 5) is 82.7. The summed E-state index contributed by atoms with van der Waals surface area (Å²) in [5.41, 5.74) is 9.33. The number of methoxy groups -OCH3 is 2. The number of phenols is 2. The predicted molar refractivity (Wildman–Crippen MR) is 402 cm³/mol. The molecule has 7 aliphatic heterocycles. The highest BCUT2D eigenvalue weighted by atomic mass is 35.5. The van der Waals surface area contributed by atoms with Crippen molar-refractivity contribution in [3.8, 4) is 34.5 Å². The molecule has 2 unspecified atom stereocenters. The van der Waals surface area contributed by atoms with Crippen LogP contribution in [-0.2, 0) is 23.8 Å². The van der Waals surface area contributed by atoms with Crippen molar-refractivity contribution >= 4 is 137 Å². The Morgan fingerprint density at radius 3 is 1.77 bits per heavy atom. The number of alkyl halides is 2. The molecule has 1 saturated heterocycles. The maximum absolute atomic E-state index is 14.6. The predicted octanol–water partition coefficient (Wildman–Crippen LogP) is 15.6. The maximum Gasteiger partial charge on any atom is 0.416 e. The summed E-state index contributed by atoms with van der Waals surface area (Å²) in [5, 5.41) is 33.0. The van der Waals surface area contributed by atoms with E-state index in [0.29, 0.717) is 111 Å². The van der Waals surface area contributed by atoms with Crippen LogP contribution in [0.5, 0.6) is 34.5 Å². The molecule has 9 heterocycles. The summed E-state index contributed by atoms with van der Waals surface area (Å²) in [6, 6.07) is 28.6. The standard InChI is InChI=1S/C44H46ClN3O9S.C35H32ClN3O5S/c1-3-16-56-44(52)48-33-23-38(54-18-8-11-39(50)47-25-29(24-45)41-31-10-5-4-9-30(31)36(49)22-34(41)47)37(53-2)21-32(33)42(51)46-15-13-27(28-14-19-58-26-28)20-35(46)43(48)57-40-12-6-7-17-55-40;1-43-31-14-27-28(37-18-24-13-21(22-9-12-45-20-22)8-10-38(24)35(27)42)15-32(31)44-11-4-7-33(41)39-19-23(17-36)34-26-6-3-2-5-25(26)30(40)16-29(34)39/h3-5,9-10,13-14,19,21-23,26,29,35,40,43,49H,1,6-8,11-12,15-18,20,24-25H2,2H3;2-3,5-6,8-9,12,14-16,18,20,23-24,40H,4,7,10-11,13,17,19H2,1H3/t29-,35+,40?,43?;23-,24+/m11/s1. The normalized spacial score (nSPS) is 20.3. The molecular formula is C79H78Cl2N6O14S2. The Hall–Kier alpha value is -9.42. The van der Waals surface area contributed by atoms with Gasteiger partial charge in [0.1, 0.15) is 18.1 Å². The Morgan fingerprint density at radius 1 is 0.670 bits per heavy atom. The first-order chi connectivity index (χ1) is 50.3. The third-order valence-electron chi connectivity index (χ3n) is 20.1. The molecule has 2 aromatic heterocycles. The zero-order valence-electron chi connectivity index (χ0n) is 57.0. The second-order valence-electron chi connectivity index (χ2n) is 26.2. The van der Waals surface area contributed by atoms with Gasteiger partial charge in [0.05, 0.1) is 73.4 Å². The largest absolute Gasteiger partial charge is 0.507 e. The monoisotopic (exact) mass is 1470 g/mol. The van der Waals surface area contributed by atoms with E-state index in [1.807, 2.05) is 77.2 Å². The molecule has 8 aromatic rings. The van der Waals surface area contributed by atoms with E-state index in [0.717, 1.165) is 56.6 Å². The van der Waals surface area contributed by atoms with Crippen LogP contribution in [-0.4, -0.2) is 159 Å². The third-order valence-corrected chi connectivity index (χ3v) is 22.2. The SMILES string of the molecule is C=CCOC(=O)N1c2cc(OCCCC(=O)N3C[C@@H](CCl)c4c3cc(O)c3ccccc43)c(OC)cc2C(=O)N2CC=C(c3ccsc3)C[C@H]2C1OC1CCCCO1.COc1cc2c(cc1OCCCC(=O)N1C[C@@H](CCl)c3c1cc(O)c1ccccc31)N=C[C@@H]1CC(c3ccsc3)=CCN1C2=O. The van der Waals surface area contributed by atoms with Crippen molar-refractivity contribution in [2.45, 2.75) is 94.2 Å². The van der Waals surface area contributed by atoms with Crippen LogP contribution in [0.3, 0.4) is 0 Å². The Bertz CT molecular complexity index is 4650. The molecule has 0 spiro atoms. The van der Waals surface area contributed by atoms with E-state index in [9.17, 15) is 34.2 Å². The maximum atomic E-state index is 14.6. The average molecular weight is 1470 g/mol. The van der Waals surface area contributed by atoms with E-state index in [2.05, 4.69) is 34.9 Å². The number of hydrogen-bond donors (Lipinski definition) is 2. The molecule has 0 aliphatic carbocycles. The lowest BCUT2D eigenvalue weighted by molar-refractivity contribution is -0.196. The minimum absolute atomic E-state index is 0.0161. The van der Waals surface area contributed by atoms with Crippen LogP contribution in [0.25, 0.3) is 32.7 Å². The summed E-state index contributed by atoms with van der Waals surface area (Å²) in [6.07, 6.45) is 9.99. The molecular weight excluding hydrogens is 1390 g/mol. The van der Waals surface area contributed by atoms with Gasteiger partial charge in [0, 0.05) is 110 Å². The number of thiophene rings is 2. The number of anilines is 3. The number of amides is 5. The number of halogens is 2. The number of nitrogens with zero attached hydrogens (tertiary/aromatic N) is 6. The van der Waals surface area contributed by atoms with Gasteiger partial charge in [-0.15, -0.1) is 23.2 Å². The van der Waals surface area contributed by atoms with Gasteiger partial charge in [-0.05, 0) is 135 Å². The second kappa shape index (κ2) is 31.3. The average Bonchev–Trinajstić information content (AvgIpc) is 1.63. The molecule has 5 amide bonds. The number of carbonyl (C=O) groups is 5. The molecule has 6 atom stereocenters. The molecule has 0 radical (unpaired) electrons. The molecule has 7 aliphatic rings. The first kappa shape index (κ1) is 70.6. The Labute approximate surface area is 614 Å². The number of fused-ring (bicyclic) bond motifs is 10. The van der Waals surface area contributed by atoms with Crippen LogP contribution >= 0.6 is 45.9 Å². The zero-order valence-corrected chi connectivity index (χ0v) is 60.2. The Kier molecular flexibility index (Phi) is 21.4. The summed E-state index contributed by atoms with van der Waals surface area (Å²) < 4.78 is 42.2. The highest BCUT2D eigenvalue weighted by molar-refractivity contribution is 7.08. The minimum atomic E-state index is -0.983. The van der Waals surface area contributed by atoms with Crippen molar-refractivity contribution < 1.29 is 67.3 Å². The van der Waals surface area contributed by atoms with Crippen LogP contribution in [0.1, 0.15) is 113 Å². The van der Waals surface area contributed by atoms with Gasteiger partial charge in [-0.3, -0.25) is 24.2 Å². The van der Waals surface area contributed by atoms with E-state index in [1.54, 1.807) is 80.9 Å². The highest BCUT2D eigenvalue weighted by Gasteiger charge is 2.48. The van der Waals surface area contributed by atoms with Crippen molar-refractivity contribution in [2.75, 3.05) is 93.3 Å². The van der Waals surface area contributed by atoms with Crippen molar-refractivity contribution in [1.29, 1.82) is 0 Å². The van der Waals surface area contributed by atoms with Crippen LogP contribution < -0.4 is 33.6 Å². The van der Waals surface area contributed by atoms with Gasteiger partial charge < -0.3 is 63.0 Å². The first-order valence-electron chi connectivity index (χ1n) is 34.6. The lowest BCUT2D eigenvalue weighted by Gasteiger charge is -2.42. The van der Waals surface area contributed by atoms with E-state index in [-0.39, 0.29) is 108 Å². The number of phenolic OH excluding ortho intramolecular Hbond substituents is 2. The quantitative estimate of drug-likeness (QED) is 0.0412. The zero-order chi connectivity index (χ0) is 71.4. The van der Waals surface area contributed by atoms with E-state index >= 15 is 0 Å². The third kappa shape index (κ3) is 14.2. The van der Waals surface area contributed by atoms with Crippen molar-refractivity contribution in [3.63, 3.8) is 0 Å². The number of aromatic hydroxyl groups is 2. The number of carbonyl (C=O) groups excluding carboxylic acids is 5.